The smallest absolute Gasteiger partial charge is 0.336 e. The van der Waals surface area contributed by atoms with Crippen LogP contribution in [-0.4, -0.2) is 41.8 Å². The Labute approximate surface area is 180 Å². The van der Waals surface area contributed by atoms with Crippen molar-refractivity contribution in [2.45, 2.75) is 90.4 Å². The van der Waals surface area contributed by atoms with E-state index >= 15 is 0 Å². The lowest BCUT2D eigenvalue weighted by Crippen LogP contribution is -2.41. The van der Waals surface area contributed by atoms with E-state index in [2.05, 4.69) is 6.58 Å². The van der Waals surface area contributed by atoms with E-state index in [0.717, 1.165) is 62.9 Å². The zero-order valence-corrected chi connectivity index (χ0v) is 18.5. The molecule has 0 spiro atoms. The lowest BCUT2D eigenvalue weighted by atomic mass is 9.73. The van der Waals surface area contributed by atoms with Gasteiger partial charge in [0.2, 0.25) is 0 Å². The highest BCUT2D eigenvalue weighted by atomic mass is 16.7. The molecule has 2 N–H and O–H groups in total. The lowest BCUT2D eigenvalue weighted by Gasteiger charge is -2.36. The minimum absolute atomic E-state index is 0.0408. The quantitative estimate of drug-likeness (QED) is 0.243. The molecule has 0 aromatic heterocycles. The van der Waals surface area contributed by atoms with Crippen molar-refractivity contribution < 1.29 is 29.2 Å². The number of aliphatic hydroxyl groups excluding tert-OH is 2. The van der Waals surface area contributed by atoms with E-state index in [1.807, 2.05) is 26.0 Å². The molecule has 0 saturated heterocycles. The van der Waals surface area contributed by atoms with Crippen molar-refractivity contribution in [1.82, 2.24) is 0 Å². The predicted octanol–water partition coefficient (Wildman–Crippen LogP) is 4.52. The lowest BCUT2D eigenvalue weighted by molar-refractivity contribution is -0.161. The molecule has 6 nitrogen and oxygen atoms in total. The van der Waals surface area contributed by atoms with Crippen LogP contribution in [0.15, 0.2) is 35.8 Å². The van der Waals surface area contributed by atoms with Crippen LogP contribution < -0.4 is 0 Å². The zero-order valence-electron chi connectivity index (χ0n) is 18.5. The SMILES string of the molecule is C=C(C(=O)OCC(OC1=CCCC1)OC1=CCCC1)C(O)C(CC)(CO)CCCC. The molecule has 0 aromatic rings. The first kappa shape index (κ1) is 24.5. The summed E-state index contributed by atoms with van der Waals surface area (Å²) < 4.78 is 17.2. The number of rotatable bonds is 14. The van der Waals surface area contributed by atoms with Gasteiger partial charge in [-0.25, -0.2) is 4.79 Å². The van der Waals surface area contributed by atoms with Crippen LogP contribution in [0.5, 0.6) is 0 Å². The Balaban J connectivity index is 1.97. The molecular weight excluding hydrogens is 384 g/mol. The molecule has 2 aliphatic carbocycles. The second-order valence-corrected chi connectivity index (χ2v) is 8.29. The largest absolute Gasteiger partial charge is 0.456 e. The van der Waals surface area contributed by atoms with Crippen molar-refractivity contribution >= 4 is 5.97 Å². The summed E-state index contributed by atoms with van der Waals surface area (Å²) in [5, 5.41) is 20.7. The summed E-state index contributed by atoms with van der Waals surface area (Å²) in [5.74, 6) is 1.03. The first-order valence-corrected chi connectivity index (χ1v) is 11.3. The van der Waals surface area contributed by atoms with E-state index in [4.69, 9.17) is 14.2 Å². The highest BCUT2D eigenvalue weighted by Crippen LogP contribution is 2.36. The molecule has 30 heavy (non-hydrogen) atoms. The highest BCUT2D eigenvalue weighted by molar-refractivity contribution is 5.89. The minimum atomic E-state index is -1.16. The van der Waals surface area contributed by atoms with Crippen molar-refractivity contribution in [3.05, 3.63) is 35.8 Å². The summed E-state index contributed by atoms with van der Waals surface area (Å²) in [6, 6.07) is 0. The Bertz CT molecular complexity index is 606. The van der Waals surface area contributed by atoms with Gasteiger partial charge >= 0.3 is 5.97 Å². The number of ether oxygens (including phenoxy) is 3. The van der Waals surface area contributed by atoms with Gasteiger partial charge < -0.3 is 24.4 Å². The van der Waals surface area contributed by atoms with Crippen molar-refractivity contribution in [2.75, 3.05) is 13.2 Å². The summed E-state index contributed by atoms with van der Waals surface area (Å²) in [6.07, 6.45) is 10.9. The van der Waals surface area contributed by atoms with Gasteiger partial charge in [-0.2, -0.15) is 0 Å². The molecule has 0 radical (unpaired) electrons. The molecule has 2 rings (SSSR count). The number of aliphatic hydroxyl groups is 2. The Kier molecular flexibility index (Phi) is 9.92. The fourth-order valence-corrected chi connectivity index (χ4v) is 3.96. The van der Waals surface area contributed by atoms with Crippen LogP contribution in [0.4, 0.5) is 0 Å². The second kappa shape index (κ2) is 12.2. The van der Waals surface area contributed by atoms with Gasteiger partial charge in [-0.1, -0.05) is 33.3 Å². The monoisotopic (exact) mass is 422 g/mol. The summed E-state index contributed by atoms with van der Waals surface area (Å²) in [4.78, 5) is 12.6. The van der Waals surface area contributed by atoms with Crippen LogP contribution in [0.2, 0.25) is 0 Å². The molecule has 0 fully saturated rings. The van der Waals surface area contributed by atoms with E-state index in [-0.39, 0.29) is 18.8 Å². The fraction of sp³-hybridized carbons (Fsp3) is 0.708. The first-order valence-electron chi connectivity index (χ1n) is 11.3. The maximum absolute atomic E-state index is 12.6. The van der Waals surface area contributed by atoms with Crippen molar-refractivity contribution in [3.8, 4) is 0 Å². The Morgan fingerprint density at radius 3 is 2.20 bits per heavy atom. The standard InChI is InChI=1S/C24H38O6/c1-4-6-15-24(5-2,17-25)22(26)18(3)23(27)28-16-21(29-19-11-7-8-12-19)30-20-13-9-10-14-20/h11,13,21-22,25-26H,3-10,12,14-17H2,1-2H3. The highest BCUT2D eigenvalue weighted by Gasteiger charge is 2.39. The number of carbonyl (C=O) groups excluding carboxylic acids is 1. The van der Waals surface area contributed by atoms with Crippen LogP contribution >= 0.6 is 0 Å². The van der Waals surface area contributed by atoms with E-state index < -0.39 is 23.8 Å². The van der Waals surface area contributed by atoms with Crippen LogP contribution in [0.3, 0.4) is 0 Å². The van der Waals surface area contributed by atoms with Crippen LogP contribution in [0.25, 0.3) is 0 Å². The summed E-state index contributed by atoms with van der Waals surface area (Å²) >= 11 is 0. The maximum atomic E-state index is 12.6. The van der Waals surface area contributed by atoms with E-state index in [0.29, 0.717) is 12.8 Å². The first-order chi connectivity index (χ1) is 14.5. The van der Waals surface area contributed by atoms with Gasteiger partial charge in [-0.3, -0.25) is 0 Å². The molecule has 0 aromatic carbocycles. The second-order valence-electron chi connectivity index (χ2n) is 8.29. The number of esters is 1. The topological polar surface area (TPSA) is 85.2 Å². The van der Waals surface area contributed by atoms with Gasteiger partial charge in [-0.15, -0.1) is 0 Å². The average molecular weight is 423 g/mol. The molecule has 2 unspecified atom stereocenters. The number of hydrogen-bond acceptors (Lipinski definition) is 6. The molecule has 170 valence electrons. The fourth-order valence-electron chi connectivity index (χ4n) is 3.96. The van der Waals surface area contributed by atoms with Crippen molar-refractivity contribution in [3.63, 3.8) is 0 Å². The average Bonchev–Trinajstić information content (AvgIpc) is 3.46. The predicted molar refractivity (Wildman–Crippen MR) is 115 cm³/mol. The minimum Gasteiger partial charge on any atom is -0.456 e. The third-order valence-corrected chi connectivity index (χ3v) is 6.13. The maximum Gasteiger partial charge on any atom is 0.336 e. The molecule has 2 atom stereocenters. The molecule has 0 amide bonds. The molecule has 2 aliphatic rings. The number of carbonyl (C=O) groups is 1. The normalized spacial score (nSPS) is 19.1. The number of allylic oxidation sites excluding steroid dienone is 4. The Morgan fingerprint density at radius 1 is 1.17 bits per heavy atom. The summed E-state index contributed by atoms with van der Waals surface area (Å²) in [5.41, 5.74) is -0.831. The van der Waals surface area contributed by atoms with Crippen molar-refractivity contribution in [1.29, 1.82) is 0 Å². The van der Waals surface area contributed by atoms with Gasteiger partial charge in [0.1, 0.15) is 0 Å². The van der Waals surface area contributed by atoms with E-state index in [1.165, 1.54) is 0 Å². The molecular formula is C24H38O6. The van der Waals surface area contributed by atoms with E-state index in [9.17, 15) is 15.0 Å². The Morgan fingerprint density at radius 2 is 1.77 bits per heavy atom. The summed E-state index contributed by atoms with van der Waals surface area (Å²) in [6.45, 7) is 7.41. The van der Waals surface area contributed by atoms with E-state index in [1.54, 1.807) is 0 Å². The molecule has 0 saturated carbocycles. The number of hydrogen-bond donors (Lipinski definition) is 2. The van der Waals surface area contributed by atoms with Gasteiger partial charge in [0.15, 0.2) is 6.61 Å². The Hall–Kier alpha value is -1.79. The van der Waals surface area contributed by atoms with Crippen LogP contribution in [0.1, 0.15) is 78.1 Å². The van der Waals surface area contributed by atoms with Gasteiger partial charge in [0.05, 0.1) is 29.8 Å². The number of unbranched alkanes of at least 4 members (excludes halogenated alkanes) is 1. The molecule has 0 bridgehead atoms. The van der Waals surface area contributed by atoms with Crippen LogP contribution in [-0.2, 0) is 19.0 Å². The third kappa shape index (κ3) is 6.61. The van der Waals surface area contributed by atoms with Gasteiger partial charge in [-0.05, 0) is 50.7 Å². The third-order valence-electron chi connectivity index (χ3n) is 6.13. The van der Waals surface area contributed by atoms with Gasteiger partial charge in [0.25, 0.3) is 6.29 Å². The summed E-state index contributed by atoms with van der Waals surface area (Å²) in [7, 11) is 0. The van der Waals surface area contributed by atoms with Crippen LogP contribution in [0, 0.1) is 5.41 Å². The van der Waals surface area contributed by atoms with Crippen molar-refractivity contribution in [2.24, 2.45) is 5.41 Å². The molecule has 6 heteroatoms. The molecule has 0 heterocycles. The molecule has 0 aliphatic heterocycles. The van der Waals surface area contributed by atoms with Gasteiger partial charge in [0, 0.05) is 18.3 Å². The zero-order chi connectivity index (χ0) is 22.0.